The molecule has 1 unspecified atom stereocenters. The third-order valence-corrected chi connectivity index (χ3v) is 3.35. The topological polar surface area (TPSA) is 43.1 Å². The van der Waals surface area contributed by atoms with E-state index in [-0.39, 0.29) is 17.5 Å². The molecule has 2 nitrogen and oxygen atoms in total. The van der Waals surface area contributed by atoms with Gasteiger partial charge in [0.1, 0.15) is 5.82 Å². The normalized spacial score (nSPS) is 19.2. The number of halogens is 1. The molecular weight excluding hydrogens is 205 g/mol. The Morgan fingerprint density at radius 2 is 2.12 bits per heavy atom. The van der Waals surface area contributed by atoms with Gasteiger partial charge in [0.05, 0.1) is 5.54 Å². The van der Waals surface area contributed by atoms with Crippen molar-refractivity contribution in [2.45, 2.75) is 32.2 Å². The number of carbonyl (C=O) groups is 1. The lowest BCUT2D eigenvalue weighted by atomic mass is 9.86. The molecule has 3 heteroatoms. The van der Waals surface area contributed by atoms with E-state index in [1.807, 2.05) is 0 Å². The van der Waals surface area contributed by atoms with Crippen LogP contribution in [0.25, 0.3) is 0 Å². The minimum atomic E-state index is -0.803. The molecule has 0 radical (unpaired) electrons. The van der Waals surface area contributed by atoms with Crippen molar-refractivity contribution in [1.29, 1.82) is 0 Å². The minimum Gasteiger partial charge on any atom is -0.319 e. The lowest BCUT2D eigenvalue weighted by Crippen LogP contribution is -2.47. The zero-order chi connectivity index (χ0) is 11.9. The van der Waals surface area contributed by atoms with Crippen molar-refractivity contribution in [3.05, 3.63) is 35.1 Å². The molecule has 1 aromatic carbocycles. The van der Waals surface area contributed by atoms with Crippen molar-refractivity contribution in [3.8, 4) is 0 Å². The van der Waals surface area contributed by atoms with E-state index < -0.39 is 5.54 Å². The second-order valence-corrected chi connectivity index (χ2v) is 4.85. The fourth-order valence-corrected chi connectivity index (χ4v) is 2.04. The summed E-state index contributed by atoms with van der Waals surface area (Å²) in [5.74, 6) is -0.115. The van der Waals surface area contributed by atoms with Crippen LogP contribution in [0.3, 0.4) is 0 Å². The van der Waals surface area contributed by atoms with Gasteiger partial charge in [0.2, 0.25) is 0 Å². The summed E-state index contributed by atoms with van der Waals surface area (Å²) in [5.41, 5.74) is 6.45. The van der Waals surface area contributed by atoms with Crippen molar-refractivity contribution in [3.63, 3.8) is 0 Å². The van der Waals surface area contributed by atoms with Gasteiger partial charge >= 0.3 is 0 Å². The van der Waals surface area contributed by atoms with Gasteiger partial charge < -0.3 is 5.73 Å². The molecule has 1 aliphatic rings. The van der Waals surface area contributed by atoms with Gasteiger partial charge in [0.25, 0.3) is 0 Å². The van der Waals surface area contributed by atoms with Crippen LogP contribution in [0, 0.1) is 18.7 Å². The third kappa shape index (κ3) is 1.87. The highest BCUT2D eigenvalue weighted by molar-refractivity contribution is 6.04. The van der Waals surface area contributed by atoms with E-state index in [4.69, 9.17) is 5.73 Å². The van der Waals surface area contributed by atoms with Crippen LogP contribution in [0.1, 0.15) is 35.7 Å². The van der Waals surface area contributed by atoms with Crippen molar-refractivity contribution < 1.29 is 9.18 Å². The number of hydrogen-bond acceptors (Lipinski definition) is 2. The zero-order valence-electron chi connectivity index (χ0n) is 9.59. The largest absolute Gasteiger partial charge is 0.319 e. The van der Waals surface area contributed by atoms with E-state index in [1.54, 1.807) is 13.8 Å². The molecule has 16 heavy (non-hydrogen) atoms. The molecule has 2 N–H and O–H groups in total. The van der Waals surface area contributed by atoms with Crippen molar-refractivity contribution in [1.82, 2.24) is 0 Å². The van der Waals surface area contributed by atoms with E-state index >= 15 is 0 Å². The van der Waals surface area contributed by atoms with Crippen LogP contribution < -0.4 is 5.73 Å². The molecule has 0 spiro atoms. The maximum atomic E-state index is 12.9. The van der Waals surface area contributed by atoms with Crippen molar-refractivity contribution in [2.75, 3.05) is 0 Å². The summed E-state index contributed by atoms with van der Waals surface area (Å²) < 4.78 is 12.9. The Labute approximate surface area is 94.6 Å². The number of Topliss-reactive ketones (excluding diaryl/α,β-unsaturated/α-hetero) is 1. The number of rotatable bonds is 3. The van der Waals surface area contributed by atoms with Gasteiger partial charge in [-0.1, -0.05) is 0 Å². The molecule has 0 bridgehead atoms. The Hall–Kier alpha value is -1.22. The molecule has 86 valence electrons. The van der Waals surface area contributed by atoms with E-state index in [1.165, 1.54) is 18.2 Å². The van der Waals surface area contributed by atoms with Crippen LogP contribution in [-0.2, 0) is 0 Å². The molecule has 1 saturated carbocycles. The fraction of sp³-hybridized carbons (Fsp3) is 0.462. The molecule has 0 heterocycles. The summed E-state index contributed by atoms with van der Waals surface area (Å²) in [7, 11) is 0. The Balaban J connectivity index is 2.33. The molecular formula is C13H16FNO. The highest BCUT2D eigenvalue weighted by atomic mass is 19.1. The molecule has 1 aliphatic carbocycles. The molecule has 2 rings (SSSR count). The van der Waals surface area contributed by atoms with E-state index in [9.17, 15) is 9.18 Å². The first-order chi connectivity index (χ1) is 7.43. The Morgan fingerprint density at radius 3 is 2.62 bits per heavy atom. The summed E-state index contributed by atoms with van der Waals surface area (Å²) in [5, 5.41) is 0. The molecule has 0 aliphatic heterocycles. The first-order valence-electron chi connectivity index (χ1n) is 5.52. The van der Waals surface area contributed by atoms with Crippen LogP contribution in [0.2, 0.25) is 0 Å². The van der Waals surface area contributed by atoms with Gasteiger partial charge in [0.15, 0.2) is 5.78 Å². The molecule has 0 aromatic heterocycles. The lowest BCUT2D eigenvalue weighted by Gasteiger charge is -2.23. The van der Waals surface area contributed by atoms with Gasteiger partial charge in [-0.3, -0.25) is 4.79 Å². The molecule has 1 fully saturated rings. The maximum Gasteiger partial charge on any atom is 0.182 e. The zero-order valence-corrected chi connectivity index (χ0v) is 9.59. The van der Waals surface area contributed by atoms with Gasteiger partial charge in [-0.25, -0.2) is 4.39 Å². The van der Waals surface area contributed by atoms with Gasteiger partial charge in [0, 0.05) is 5.56 Å². The first-order valence-corrected chi connectivity index (χ1v) is 5.52. The number of ketones is 1. The number of hydrogen-bond donors (Lipinski definition) is 1. The van der Waals surface area contributed by atoms with Crippen LogP contribution in [-0.4, -0.2) is 11.3 Å². The Bertz CT molecular complexity index is 436. The fourth-order valence-electron chi connectivity index (χ4n) is 2.04. The van der Waals surface area contributed by atoms with Crippen molar-refractivity contribution in [2.24, 2.45) is 11.7 Å². The summed E-state index contributed by atoms with van der Waals surface area (Å²) in [6.07, 6.45) is 2.03. The highest BCUT2D eigenvalue weighted by Crippen LogP contribution is 2.39. The number of nitrogens with two attached hydrogens (primary N) is 1. The Morgan fingerprint density at radius 1 is 1.50 bits per heavy atom. The van der Waals surface area contributed by atoms with Crippen LogP contribution in [0.15, 0.2) is 18.2 Å². The number of aryl methyl sites for hydroxylation is 1. The quantitative estimate of drug-likeness (QED) is 0.797. The van der Waals surface area contributed by atoms with E-state index in [2.05, 4.69) is 0 Å². The predicted molar refractivity (Wildman–Crippen MR) is 60.8 cm³/mol. The number of carbonyl (C=O) groups excluding carboxylic acids is 1. The second kappa shape index (κ2) is 3.67. The molecule has 0 amide bonds. The standard InChI is InChI=1S/C13H16FNO/c1-8-7-10(14)5-6-11(8)12(16)13(2,15)9-3-4-9/h5-7,9H,3-4,15H2,1-2H3. The van der Waals surface area contributed by atoms with Gasteiger partial charge in [-0.05, 0) is 56.4 Å². The second-order valence-electron chi connectivity index (χ2n) is 4.85. The number of benzene rings is 1. The molecule has 1 aromatic rings. The lowest BCUT2D eigenvalue weighted by molar-refractivity contribution is 0.0882. The molecule has 1 atom stereocenters. The van der Waals surface area contributed by atoms with E-state index in [0.717, 1.165) is 12.8 Å². The summed E-state index contributed by atoms with van der Waals surface area (Å²) in [6, 6.07) is 4.21. The van der Waals surface area contributed by atoms with Gasteiger partial charge in [-0.15, -0.1) is 0 Å². The van der Waals surface area contributed by atoms with Gasteiger partial charge in [-0.2, -0.15) is 0 Å². The van der Waals surface area contributed by atoms with Crippen LogP contribution >= 0.6 is 0 Å². The van der Waals surface area contributed by atoms with Crippen LogP contribution in [0.4, 0.5) is 4.39 Å². The van der Waals surface area contributed by atoms with E-state index in [0.29, 0.717) is 11.1 Å². The third-order valence-electron chi connectivity index (χ3n) is 3.35. The first kappa shape index (κ1) is 11.3. The predicted octanol–water partition coefficient (Wildman–Crippen LogP) is 2.44. The Kier molecular flexibility index (Phi) is 2.58. The highest BCUT2D eigenvalue weighted by Gasteiger charge is 2.44. The SMILES string of the molecule is Cc1cc(F)ccc1C(=O)C(C)(N)C1CC1. The average Bonchev–Trinajstić information content (AvgIpc) is 2.99. The summed E-state index contributed by atoms with van der Waals surface area (Å²) in [4.78, 5) is 12.2. The average molecular weight is 221 g/mol. The van der Waals surface area contributed by atoms with Crippen molar-refractivity contribution >= 4 is 5.78 Å². The summed E-state index contributed by atoms with van der Waals surface area (Å²) in [6.45, 7) is 3.51. The minimum absolute atomic E-state index is 0.0764. The smallest absolute Gasteiger partial charge is 0.182 e. The maximum absolute atomic E-state index is 12.9. The van der Waals surface area contributed by atoms with Crippen LogP contribution in [0.5, 0.6) is 0 Å². The molecule has 0 saturated heterocycles. The monoisotopic (exact) mass is 221 g/mol. The summed E-state index contributed by atoms with van der Waals surface area (Å²) >= 11 is 0.